The first kappa shape index (κ1) is 22.8. The van der Waals surface area contributed by atoms with Crippen molar-refractivity contribution in [1.29, 1.82) is 0 Å². The van der Waals surface area contributed by atoms with Crippen molar-refractivity contribution in [3.8, 4) is 0 Å². The molecule has 1 nitrogen and oxygen atoms in total. The van der Waals surface area contributed by atoms with Crippen LogP contribution in [0.5, 0.6) is 0 Å². The summed E-state index contributed by atoms with van der Waals surface area (Å²) in [6.07, 6.45) is 22.4. The second-order valence-electron chi connectivity index (χ2n) is 6.34. The van der Waals surface area contributed by atoms with Crippen molar-refractivity contribution in [1.82, 2.24) is 0 Å². The van der Waals surface area contributed by atoms with E-state index in [9.17, 15) is 0 Å². The molecule has 0 atom stereocenters. The number of halogens is 1. The summed E-state index contributed by atoms with van der Waals surface area (Å²) in [5, 5.41) is 0. The molecule has 0 bridgehead atoms. The molecule has 0 aromatic rings. The Bertz CT molecular complexity index is 269. The number of hydrogen-bond donors (Lipinski definition) is 0. The summed E-state index contributed by atoms with van der Waals surface area (Å²) in [5.74, 6) is 0.736. The first-order chi connectivity index (χ1) is 11.4. The third-order valence-corrected chi connectivity index (χ3v) is 4.28. The summed E-state index contributed by atoms with van der Waals surface area (Å²) >= 11 is 5.61. The zero-order chi connectivity index (χ0) is 16.8. The van der Waals surface area contributed by atoms with Gasteiger partial charge < -0.3 is 4.74 Å². The molecule has 0 radical (unpaired) electrons. The maximum absolute atomic E-state index is 5.64. The van der Waals surface area contributed by atoms with E-state index in [2.05, 4.69) is 24.8 Å². The largest absolute Gasteiger partial charge is 0.381 e. The van der Waals surface area contributed by atoms with E-state index in [1.807, 2.05) is 0 Å². The van der Waals surface area contributed by atoms with Gasteiger partial charge in [0.2, 0.25) is 0 Å². The molecule has 0 saturated carbocycles. The highest BCUT2D eigenvalue weighted by atomic mass is 35.5. The van der Waals surface area contributed by atoms with E-state index >= 15 is 0 Å². The predicted octanol–water partition coefficient (Wildman–Crippen LogP) is 7.43. The lowest BCUT2D eigenvalue weighted by Gasteiger charge is -2.03. The van der Waals surface area contributed by atoms with Gasteiger partial charge in [0.1, 0.15) is 0 Å². The maximum Gasteiger partial charge on any atom is 0.0506 e. The van der Waals surface area contributed by atoms with Gasteiger partial charge in [0.05, 0.1) is 6.61 Å². The van der Waals surface area contributed by atoms with Crippen LogP contribution in [0.25, 0.3) is 0 Å². The second-order valence-corrected chi connectivity index (χ2v) is 6.72. The van der Waals surface area contributed by atoms with Gasteiger partial charge in [-0.3, -0.25) is 0 Å². The van der Waals surface area contributed by atoms with E-state index < -0.39 is 0 Å². The highest BCUT2D eigenvalue weighted by molar-refractivity contribution is 6.17. The van der Waals surface area contributed by atoms with Gasteiger partial charge in [-0.05, 0) is 37.8 Å². The molecule has 0 aromatic carbocycles. The predicted molar refractivity (Wildman–Crippen MR) is 105 cm³/mol. The average Bonchev–Trinajstić information content (AvgIpc) is 2.57. The fourth-order valence-electron chi connectivity index (χ4n) is 2.54. The van der Waals surface area contributed by atoms with E-state index in [0.717, 1.165) is 38.4 Å². The van der Waals surface area contributed by atoms with E-state index in [0.29, 0.717) is 0 Å². The van der Waals surface area contributed by atoms with Crippen LogP contribution in [-0.2, 0) is 4.74 Å². The van der Waals surface area contributed by atoms with Crippen molar-refractivity contribution in [3.63, 3.8) is 0 Å². The van der Waals surface area contributed by atoms with E-state index in [4.69, 9.17) is 16.3 Å². The summed E-state index contributed by atoms with van der Waals surface area (Å²) in [6.45, 7) is 4.02. The number of unbranched alkanes of at least 4 members (excludes halogenated alkanes) is 11. The fraction of sp³-hybridized carbons (Fsp3) is 0.857. The minimum absolute atomic E-state index is 0.736. The molecule has 0 saturated heterocycles. The molecule has 0 rings (SSSR count). The van der Waals surface area contributed by atoms with Crippen molar-refractivity contribution in [3.05, 3.63) is 17.9 Å². The average molecular weight is 343 g/mol. The summed E-state index contributed by atoms with van der Waals surface area (Å²) in [5.41, 5.74) is 3.18. The Labute approximate surface area is 150 Å². The number of ether oxygens (including phenoxy) is 1. The standard InChI is InChI=1S/C21H39ClO/c1-2-3-4-5-6-7-8-9-11-14-17-20-23-21-18-15-12-10-13-16-19-22/h10,15H,2-9,11,13-14,16-21H2,1H3. The van der Waals surface area contributed by atoms with Gasteiger partial charge in [0, 0.05) is 12.5 Å². The second kappa shape index (κ2) is 21.8. The molecule has 2 heteroatoms. The van der Waals surface area contributed by atoms with Crippen LogP contribution >= 0.6 is 11.6 Å². The normalized spacial score (nSPS) is 10.5. The van der Waals surface area contributed by atoms with E-state index in [1.165, 1.54) is 70.6 Å². The number of hydrogen-bond acceptors (Lipinski definition) is 1. The van der Waals surface area contributed by atoms with Crippen molar-refractivity contribution in [2.45, 2.75) is 96.8 Å². The molecular formula is C21H39ClO. The van der Waals surface area contributed by atoms with Crippen LogP contribution < -0.4 is 0 Å². The Hall–Kier alpha value is -0.230. The zero-order valence-corrected chi connectivity index (χ0v) is 16.2. The fourth-order valence-corrected chi connectivity index (χ4v) is 2.70. The Morgan fingerprint density at radius 3 is 1.87 bits per heavy atom. The summed E-state index contributed by atoms with van der Waals surface area (Å²) in [6, 6.07) is 0. The monoisotopic (exact) mass is 342 g/mol. The first-order valence-electron chi connectivity index (χ1n) is 9.95. The van der Waals surface area contributed by atoms with Gasteiger partial charge in [-0.2, -0.15) is 0 Å². The molecule has 0 aliphatic heterocycles. The Morgan fingerprint density at radius 1 is 0.696 bits per heavy atom. The molecule has 0 aromatic heterocycles. The maximum atomic E-state index is 5.64. The quantitative estimate of drug-likeness (QED) is 0.143. The molecule has 23 heavy (non-hydrogen) atoms. The van der Waals surface area contributed by atoms with E-state index in [-0.39, 0.29) is 0 Å². The van der Waals surface area contributed by atoms with Crippen LogP contribution in [0.1, 0.15) is 96.8 Å². The Morgan fingerprint density at radius 2 is 1.26 bits per heavy atom. The van der Waals surface area contributed by atoms with Gasteiger partial charge in [-0.25, -0.2) is 0 Å². The summed E-state index contributed by atoms with van der Waals surface area (Å²) in [7, 11) is 0. The van der Waals surface area contributed by atoms with Gasteiger partial charge in [0.15, 0.2) is 0 Å². The van der Waals surface area contributed by atoms with Crippen LogP contribution in [0.4, 0.5) is 0 Å². The zero-order valence-electron chi connectivity index (χ0n) is 15.5. The smallest absolute Gasteiger partial charge is 0.0506 e. The van der Waals surface area contributed by atoms with Crippen LogP contribution in [-0.4, -0.2) is 19.1 Å². The summed E-state index contributed by atoms with van der Waals surface area (Å²) in [4.78, 5) is 0. The topological polar surface area (TPSA) is 9.23 Å². The first-order valence-corrected chi connectivity index (χ1v) is 10.5. The van der Waals surface area contributed by atoms with Crippen LogP contribution in [0.2, 0.25) is 0 Å². The van der Waals surface area contributed by atoms with Gasteiger partial charge >= 0.3 is 0 Å². The van der Waals surface area contributed by atoms with E-state index in [1.54, 1.807) is 0 Å². The highest BCUT2D eigenvalue weighted by Crippen LogP contribution is 2.11. The SMILES string of the molecule is CCCCCCCCCCCCCOCCC=C=CCCCCl. The minimum atomic E-state index is 0.736. The molecule has 0 aliphatic rings. The van der Waals surface area contributed by atoms with Crippen molar-refractivity contribution in [2.75, 3.05) is 19.1 Å². The van der Waals surface area contributed by atoms with Crippen molar-refractivity contribution in [2.24, 2.45) is 0 Å². The third kappa shape index (κ3) is 21.8. The minimum Gasteiger partial charge on any atom is -0.381 e. The number of alkyl halides is 1. The lowest BCUT2D eigenvalue weighted by molar-refractivity contribution is 0.134. The molecule has 136 valence electrons. The van der Waals surface area contributed by atoms with Crippen molar-refractivity contribution >= 4 is 11.6 Å². The molecule has 0 aliphatic carbocycles. The molecule has 0 heterocycles. The van der Waals surface area contributed by atoms with Crippen molar-refractivity contribution < 1.29 is 4.74 Å². The highest BCUT2D eigenvalue weighted by Gasteiger charge is 1.93. The Balaban J connectivity index is 3.06. The molecular weight excluding hydrogens is 304 g/mol. The number of rotatable bonds is 18. The summed E-state index contributed by atoms with van der Waals surface area (Å²) < 4.78 is 5.64. The van der Waals surface area contributed by atoms with Gasteiger partial charge in [-0.15, -0.1) is 17.3 Å². The lowest BCUT2D eigenvalue weighted by atomic mass is 10.1. The van der Waals surface area contributed by atoms with Crippen LogP contribution in [0, 0.1) is 0 Å². The van der Waals surface area contributed by atoms with Crippen LogP contribution in [0.3, 0.4) is 0 Å². The molecule has 0 unspecified atom stereocenters. The molecule has 0 fully saturated rings. The molecule has 0 N–H and O–H groups in total. The molecule has 0 spiro atoms. The van der Waals surface area contributed by atoms with Crippen LogP contribution in [0.15, 0.2) is 17.9 Å². The van der Waals surface area contributed by atoms with Gasteiger partial charge in [-0.1, -0.05) is 71.1 Å². The Kier molecular flexibility index (Phi) is 21.6. The van der Waals surface area contributed by atoms with Gasteiger partial charge in [0.25, 0.3) is 0 Å². The third-order valence-electron chi connectivity index (χ3n) is 4.02. The molecule has 0 amide bonds. The lowest BCUT2D eigenvalue weighted by Crippen LogP contribution is -1.95.